The van der Waals surface area contributed by atoms with E-state index in [0.29, 0.717) is 6.42 Å². The number of unbranched alkanes of at least 4 members (excludes halogenated alkanes) is 14. The zero-order valence-electron chi connectivity index (χ0n) is 14.4. The fraction of sp³-hybridized carbons (Fsp3) is 0.944. The number of aliphatic carboxylic acids is 1. The molecule has 0 amide bonds. The summed E-state index contributed by atoms with van der Waals surface area (Å²) in [5, 5.41) is 8.52. The van der Waals surface area contributed by atoms with Crippen LogP contribution in [0.25, 0.3) is 0 Å². The minimum absolute atomic E-state index is 0. The third kappa shape index (κ3) is 23.4. The minimum atomic E-state index is -0.653. The molecule has 0 unspecified atom stereocenters. The van der Waals surface area contributed by atoms with Crippen molar-refractivity contribution in [2.45, 2.75) is 110 Å². The number of carbonyl (C=O) groups is 1. The molecule has 1 N–H and O–H groups in total. The van der Waals surface area contributed by atoms with Crippen LogP contribution in [0.5, 0.6) is 0 Å². The van der Waals surface area contributed by atoms with E-state index in [1.165, 1.54) is 83.5 Å². The summed E-state index contributed by atoms with van der Waals surface area (Å²) in [5.74, 6) is -0.653. The molecule has 0 radical (unpaired) electrons. The molecule has 0 bridgehead atoms. The fourth-order valence-corrected chi connectivity index (χ4v) is 2.65. The molecule has 2 nitrogen and oxygen atoms in total. The van der Waals surface area contributed by atoms with E-state index in [1.54, 1.807) is 0 Å². The minimum Gasteiger partial charge on any atom is -0.481 e. The molecule has 0 aromatic heterocycles. The van der Waals surface area contributed by atoms with Crippen LogP contribution in [0.1, 0.15) is 110 Å². The Morgan fingerprint density at radius 3 is 1.19 bits per heavy atom. The zero-order chi connectivity index (χ0) is 14.9. The van der Waals surface area contributed by atoms with Crippen LogP contribution in [0.4, 0.5) is 0 Å². The first kappa shape index (κ1) is 24.3. The van der Waals surface area contributed by atoms with Gasteiger partial charge in [-0.3, -0.25) is 4.79 Å². The van der Waals surface area contributed by atoms with Gasteiger partial charge in [-0.1, -0.05) is 96.8 Å². The summed E-state index contributed by atoms with van der Waals surface area (Å²) in [6, 6.07) is 0. The van der Waals surface area contributed by atoms with Gasteiger partial charge in [0.2, 0.25) is 0 Å². The molecule has 0 aliphatic rings. The Hall–Kier alpha value is 1.04. The SMILES string of the molecule is CCCCCCCCCCCCCCCCCC(=O)O.[Ba+2]. The van der Waals surface area contributed by atoms with Gasteiger partial charge in [-0.25, -0.2) is 0 Å². The van der Waals surface area contributed by atoms with E-state index in [9.17, 15) is 4.79 Å². The van der Waals surface area contributed by atoms with Gasteiger partial charge in [-0.15, -0.1) is 0 Å². The predicted octanol–water partition coefficient (Wildman–Crippen LogP) is 5.95. The topological polar surface area (TPSA) is 37.3 Å². The molecule has 0 saturated carbocycles. The molecule has 0 rings (SSSR count). The van der Waals surface area contributed by atoms with Crippen molar-refractivity contribution in [3.8, 4) is 0 Å². The van der Waals surface area contributed by atoms with Gasteiger partial charge in [-0.2, -0.15) is 0 Å². The summed E-state index contributed by atoms with van der Waals surface area (Å²) in [6.45, 7) is 2.27. The predicted molar refractivity (Wildman–Crippen MR) is 92.9 cm³/mol. The monoisotopic (exact) mass is 422 g/mol. The molecule has 0 atom stereocenters. The van der Waals surface area contributed by atoms with E-state index in [-0.39, 0.29) is 48.9 Å². The molecule has 0 aromatic carbocycles. The molecule has 0 aromatic rings. The summed E-state index contributed by atoms with van der Waals surface area (Å²) < 4.78 is 0. The van der Waals surface area contributed by atoms with Crippen LogP contribution in [-0.4, -0.2) is 60.0 Å². The Bertz CT molecular complexity index is 207. The molecular weight excluding hydrogens is 386 g/mol. The molecule has 0 heterocycles. The summed E-state index contributed by atoms with van der Waals surface area (Å²) >= 11 is 0. The van der Waals surface area contributed by atoms with Crippen molar-refractivity contribution < 1.29 is 9.90 Å². The molecule has 0 saturated heterocycles. The number of carboxylic acids is 1. The van der Waals surface area contributed by atoms with Gasteiger partial charge in [0.15, 0.2) is 0 Å². The van der Waals surface area contributed by atoms with Crippen LogP contribution in [0.2, 0.25) is 0 Å². The van der Waals surface area contributed by atoms with Crippen LogP contribution >= 0.6 is 0 Å². The van der Waals surface area contributed by atoms with E-state index in [4.69, 9.17) is 5.11 Å². The fourth-order valence-electron chi connectivity index (χ4n) is 2.65. The maximum Gasteiger partial charge on any atom is 2.00 e. The van der Waals surface area contributed by atoms with Crippen molar-refractivity contribution in [2.24, 2.45) is 0 Å². The summed E-state index contributed by atoms with van der Waals surface area (Å²) in [4.78, 5) is 10.3. The Morgan fingerprint density at radius 2 is 0.905 bits per heavy atom. The maximum absolute atomic E-state index is 10.3. The van der Waals surface area contributed by atoms with Gasteiger partial charge in [0.1, 0.15) is 0 Å². The normalized spacial score (nSPS) is 10.3. The second-order valence-electron chi connectivity index (χ2n) is 6.09. The van der Waals surface area contributed by atoms with Gasteiger partial charge < -0.3 is 5.11 Å². The van der Waals surface area contributed by atoms with Gasteiger partial charge >= 0.3 is 54.9 Å². The number of rotatable bonds is 16. The summed E-state index contributed by atoms with van der Waals surface area (Å²) in [6.07, 6.45) is 20.2. The molecule has 0 aliphatic carbocycles. The third-order valence-electron chi connectivity index (χ3n) is 3.99. The number of hydrogen-bond acceptors (Lipinski definition) is 1. The quantitative estimate of drug-likeness (QED) is 0.247. The van der Waals surface area contributed by atoms with E-state index in [0.717, 1.165) is 12.8 Å². The van der Waals surface area contributed by atoms with Crippen molar-refractivity contribution in [3.05, 3.63) is 0 Å². The number of carboxylic acid groups (broad SMARTS) is 1. The first-order chi connectivity index (χ1) is 9.77. The molecule has 0 spiro atoms. The molecule has 21 heavy (non-hydrogen) atoms. The second kappa shape index (κ2) is 21.0. The Kier molecular flexibility index (Phi) is 24.3. The molecule has 0 aliphatic heterocycles. The second-order valence-corrected chi connectivity index (χ2v) is 6.09. The standard InChI is InChI=1S/C18H36O2.Ba/c1-2-3-4-5-6-7-8-9-10-11-12-13-14-15-16-17-18(19)20;/h2-17H2,1H3,(H,19,20);/q;+2. The average molecular weight is 422 g/mol. The van der Waals surface area contributed by atoms with Crippen LogP contribution in [0, 0.1) is 0 Å². The van der Waals surface area contributed by atoms with Crippen LogP contribution in [-0.2, 0) is 4.79 Å². The van der Waals surface area contributed by atoms with E-state index in [1.807, 2.05) is 0 Å². The summed E-state index contributed by atoms with van der Waals surface area (Å²) in [7, 11) is 0. The van der Waals surface area contributed by atoms with Crippen LogP contribution in [0.3, 0.4) is 0 Å². The largest absolute Gasteiger partial charge is 2.00 e. The molecule has 0 fully saturated rings. The van der Waals surface area contributed by atoms with E-state index >= 15 is 0 Å². The van der Waals surface area contributed by atoms with Crippen molar-refractivity contribution in [3.63, 3.8) is 0 Å². The zero-order valence-corrected chi connectivity index (χ0v) is 18.8. The number of hydrogen-bond donors (Lipinski definition) is 1. The molecule has 3 heteroatoms. The smallest absolute Gasteiger partial charge is 0.481 e. The van der Waals surface area contributed by atoms with Gasteiger partial charge in [0.05, 0.1) is 0 Å². The van der Waals surface area contributed by atoms with Gasteiger partial charge in [0.25, 0.3) is 0 Å². The van der Waals surface area contributed by atoms with Crippen LogP contribution < -0.4 is 0 Å². The third-order valence-corrected chi connectivity index (χ3v) is 3.99. The Labute approximate surface area is 172 Å². The van der Waals surface area contributed by atoms with Crippen LogP contribution in [0.15, 0.2) is 0 Å². The van der Waals surface area contributed by atoms with Crippen molar-refractivity contribution >= 4 is 54.9 Å². The maximum atomic E-state index is 10.3. The van der Waals surface area contributed by atoms with E-state index < -0.39 is 5.97 Å². The van der Waals surface area contributed by atoms with E-state index in [2.05, 4.69) is 6.92 Å². The molecule has 120 valence electrons. The van der Waals surface area contributed by atoms with Crippen molar-refractivity contribution in [1.29, 1.82) is 0 Å². The van der Waals surface area contributed by atoms with Crippen molar-refractivity contribution in [1.82, 2.24) is 0 Å². The van der Waals surface area contributed by atoms with Crippen molar-refractivity contribution in [2.75, 3.05) is 0 Å². The Morgan fingerprint density at radius 1 is 0.619 bits per heavy atom. The average Bonchev–Trinajstić information content (AvgIpc) is 2.43. The summed E-state index contributed by atoms with van der Waals surface area (Å²) in [5.41, 5.74) is 0. The Balaban J connectivity index is 0. The van der Waals surface area contributed by atoms with Gasteiger partial charge in [-0.05, 0) is 6.42 Å². The first-order valence-corrected chi connectivity index (χ1v) is 8.99. The van der Waals surface area contributed by atoms with Gasteiger partial charge in [0, 0.05) is 6.42 Å². The first-order valence-electron chi connectivity index (χ1n) is 8.99. The molecular formula is C18H36BaO2+2.